The monoisotopic (exact) mass is 540 g/mol. The van der Waals surface area contributed by atoms with Gasteiger partial charge in [-0.1, -0.05) is 25.6 Å². The van der Waals surface area contributed by atoms with Gasteiger partial charge in [-0.3, -0.25) is 14.4 Å². The summed E-state index contributed by atoms with van der Waals surface area (Å²) in [5.41, 5.74) is -1.23. The Kier molecular flexibility index (Phi) is 7.49. The van der Waals surface area contributed by atoms with Crippen LogP contribution in [-0.4, -0.2) is 92.3 Å². The predicted molar refractivity (Wildman–Crippen MR) is 128 cm³/mol. The van der Waals surface area contributed by atoms with E-state index in [0.29, 0.717) is 10.1 Å². The van der Waals surface area contributed by atoms with E-state index < -0.39 is 50.4 Å². The van der Waals surface area contributed by atoms with Crippen LogP contribution in [0.5, 0.6) is 5.75 Å². The van der Waals surface area contributed by atoms with Gasteiger partial charge in [0, 0.05) is 24.0 Å². The lowest BCUT2D eigenvalue weighted by molar-refractivity contribution is -0.158. The van der Waals surface area contributed by atoms with Gasteiger partial charge >= 0.3 is 5.97 Å². The van der Waals surface area contributed by atoms with Crippen molar-refractivity contribution in [2.24, 2.45) is 5.41 Å². The number of rotatable bonds is 9. The summed E-state index contributed by atoms with van der Waals surface area (Å²) in [4.78, 5) is 40.0. The lowest BCUT2D eigenvalue weighted by atomic mass is 9.84. The van der Waals surface area contributed by atoms with E-state index in [1.165, 1.54) is 52.7 Å². The first kappa shape index (κ1) is 25.6. The summed E-state index contributed by atoms with van der Waals surface area (Å²) < 4.78 is 12.9. The number of H-pyrrole nitrogens is 1. The molecule has 1 aromatic heterocycles. The number of phenolic OH excluding ortho intramolecular Hbond substituents is 1. The summed E-state index contributed by atoms with van der Waals surface area (Å²) in [6.07, 6.45) is 0.287. The molecule has 0 bridgehead atoms. The van der Waals surface area contributed by atoms with Gasteiger partial charge in [-0.25, -0.2) is 5.10 Å². The minimum absolute atomic E-state index is 0.00240. The minimum Gasteiger partial charge on any atom is -0.611 e. The van der Waals surface area contributed by atoms with Crippen molar-refractivity contribution in [2.45, 2.75) is 52.2 Å². The van der Waals surface area contributed by atoms with Gasteiger partial charge in [0.15, 0.2) is 10.1 Å². The molecule has 0 saturated carbocycles. The van der Waals surface area contributed by atoms with Crippen LogP contribution in [-0.2, 0) is 25.6 Å². The average molecular weight is 541 g/mol. The van der Waals surface area contributed by atoms with E-state index in [4.69, 9.17) is 0 Å². The zero-order valence-corrected chi connectivity index (χ0v) is 21.2. The van der Waals surface area contributed by atoms with Crippen LogP contribution in [0.4, 0.5) is 0 Å². The van der Waals surface area contributed by atoms with Gasteiger partial charge in [0.1, 0.15) is 22.6 Å². The van der Waals surface area contributed by atoms with Crippen molar-refractivity contribution in [1.82, 2.24) is 30.8 Å². The number of aromatic hydroxyl groups is 1. The number of tetrazole rings is 1. The Morgan fingerprint density at radius 1 is 1.43 bits per heavy atom. The second-order valence-electron chi connectivity index (χ2n) is 8.27. The Bertz CT molecular complexity index is 1090. The predicted octanol–water partition coefficient (Wildman–Crippen LogP) is 0.443. The average Bonchev–Trinajstić information content (AvgIpc) is 3.35. The van der Waals surface area contributed by atoms with Crippen LogP contribution in [0.1, 0.15) is 20.3 Å². The summed E-state index contributed by atoms with van der Waals surface area (Å²) >= 11 is 0.819. The Morgan fingerprint density at radius 3 is 2.74 bits per heavy atom. The molecule has 1 aromatic carbocycles. The molecule has 4 rings (SSSR count). The first-order chi connectivity index (χ1) is 16.7. The molecule has 12 nitrogen and oxygen atoms in total. The van der Waals surface area contributed by atoms with Crippen LogP contribution in [0.25, 0.3) is 0 Å². The van der Waals surface area contributed by atoms with Crippen LogP contribution in [0.2, 0.25) is 0 Å². The van der Waals surface area contributed by atoms with Gasteiger partial charge < -0.3 is 25.0 Å². The van der Waals surface area contributed by atoms with Crippen LogP contribution in [0.15, 0.2) is 34.3 Å². The normalized spacial score (nSPS) is 26.3. The molecule has 2 amide bonds. The number of nitrogens with zero attached hydrogens (tertiary/aromatic N) is 4. The first-order valence-corrected chi connectivity index (χ1v) is 13.9. The smallest absolute Gasteiger partial charge is 0.313 e. The molecule has 6 atom stereocenters. The van der Waals surface area contributed by atoms with Crippen LogP contribution in [0.3, 0.4) is 0 Å². The van der Waals surface area contributed by atoms with E-state index in [2.05, 4.69) is 25.9 Å². The van der Waals surface area contributed by atoms with E-state index in [1.54, 1.807) is 13.8 Å². The topological polar surface area (TPSA) is 184 Å². The number of carbonyl (C=O) groups excluding carboxylic acids is 2. The molecular formula is C20H24N6O6S3. The highest BCUT2D eigenvalue weighted by molar-refractivity contribution is 8.01. The van der Waals surface area contributed by atoms with Gasteiger partial charge in [-0.15, -0.1) is 16.9 Å². The number of aromatic amines is 1. The summed E-state index contributed by atoms with van der Waals surface area (Å²) in [6, 6.07) is 4.97. The van der Waals surface area contributed by atoms with Gasteiger partial charge in [-0.05, 0) is 45.9 Å². The Labute approximate surface area is 212 Å². The van der Waals surface area contributed by atoms with Crippen molar-refractivity contribution in [3.05, 3.63) is 24.3 Å². The molecule has 35 heavy (non-hydrogen) atoms. The number of benzene rings is 1. The number of amides is 2. The van der Waals surface area contributed by atoms with Gasteiger partial charge in [-0.2, -0.15) is 0 Å². The molecule has 4 N–H and O–H groups in total. The molecular weight excluding hydrogens is 516 g/mol. The maximum absolute atomic E-state index is 12.9. The fourth-order valence-electron chi connectivity index (χ4n) is 4.05. The molecule has 3 heterocycles. The number of aromatic nitrogens is 4. The van der Waals surface area contributed by atoms with Crippen LogP contribution < -0.4 is 5.32 Å². The third-order valence-corrected chi connectivity index (χ3v) is 10.8. The lowest BCUT2D eigenvalue weighted by Crippen LogP contribution is -2.75. The van der Waals surface area contributed by atoms with E-state index in [9.17, 15) is 29.1 Å². The number of carboxylic acids is 1. The lowest BCUT2D eigenvalue weighted by Gasteiger charge is -2.55. The second-order valence-corrected chi connectivity index (χ2v) is 12.3. The SMILES string of the molecule is CCC(C(=O)NC1C(=O)N2CC(C(=O)O)(C(C)Sc3nnn[nH]3)CS[C@H]12)[S+]([O-])c1ccc(O)cc1. The largest absolute Gasteiger partial charge is 0.611 e. The number of β-lactam (4-membered cyclic amide) rings is 1. The fourth-order valence-corrected chi connectivity index (χ4v) is 8.12. The van der Waals surface area contributed by atoms with Crippen molar-refractivity contribution < 1.29 is 29.1 Å². The van der Waals surface area contributed by atoms with Crippen molar-refractivity contribution in [2.75, 3.05) is 12.3 Å². The Morgan fingerprint density at radius 2 is 2.14 bits per heavy atom. The van der Waals surface area contributed by atoms with Crippen molar-refractivity contribution in [1.29, 1.82) is 0 Å². The van der Waals surface area contributed by atoms with Crippen molar-refractivity contribution >= 4 is 52.5 Å². The highest BCUT2D eigenvalue weighted by atomic mass is 32.2. The minimum atomic E-state index is -1.67. The summed E-state index contributed by atoms with van der Waals surface area (Å²) in [5, 5.41) is 34.3. The number of fused-ring (bicyclic) bond motifs is 1. The van der Waals surface area contributed by atoms with Crippen LogP contribution in [0, 0.1) is 5.41 Å². The molecule has 2 aliphatic heterocycles. The number of hydrogen-bond donors (Lipinski definition) is 4. The van der Waals surface area contributed by atoms with E-state index in [0.717, 1.165) is 0 Å². The molecule has 0 aliphatic carbocycles. The number of nitrogens with one attached hydrogen (secondary N) is 2. The molecule has 188 valence electrons. The summed E-state index contributed by atoms with van der Waals surface area (Å²) in [7, 11) is 0. The van der Waals surface area contributed by atoms with E-state index in [-0.39, 0.29) is 30.4 Å². The van der Waals surface area contributed by atoms with Crippen molar-refractivity contribution in [3.63, 3.8) is 0 Å². The molecule has 0 radical (unpaired) electrons. The fraction of sp³-hybridized carbons (Fsp3) is 0.500. The molecule has 2 fully saturated rings. The molecule has 2 aliphatic rings. The number of thioether (sulfide) groups is 2. The molecule has 2 aromatic rings. The van der Waals surface area contributed by atoms with Gasteiger partial charge in [0.05, 0.1) is 0 Å². The maximum atomic E-state index is 12.9. The molecule has 2 saturated heterocycles. The first-order valence-electron chi connectivity index (χ1n) is 10.7. The Hall–Kier alpha value is -2.49. The third-order valence-electron chi connectivity index (χ3n) is 6.21. The summed E-state index contributed by atoms with van der Waals surface area (Å²) in [6.45, 7) is 3.49. The number of aliphatic carboxylic acids is 1. The zero-order chi connectivity index (χ0) is 25.3. The van der Waals surface area contributed by atoms with Gasteiger partial charge in [0.25, 0.3) is 5.91 Å². The van der Waals surface area contributed by atoms with Crippen LogP contribution >= 0.6 is 23.5 Å². The standard InChI is InChI=1S/C20H24N6O6S3/c1-3-13(35(32)12-6-4-11(27)5-7-12)15(28)21-14-16(29)26-8-20(18(30)31,9-33-17(14)26)10(2)34-19-22-24-25-23-19/h4-7,10,13-14,17,27H,3,8-9H2,1-2H3,(H,21,28)(H,30,31)(H,22,23,24,25)/t10?,13?,14?,17-,20?,35?/m1/s1. The summed E-state index contributed by atoms with van der Waals surface area (Å²) in [5.74, 6) is -1.64. The Balaban J connectivity index is 1.42. The highest BCUT2D eigenvalue weighted by Gasteiger charge is 2.59. The molecule has 0 spiro atoms. The molecule has 15 heteroatoms. The number of hydrogen-bond acceptors (Lipinski definition) is 10. The number of phenols is 1. The quantitative estimate of drug-likeness (QED) is 0.197. The highest BCUT2D eigenvalue weighted by Crippen LogP contribution is 2.47. The molecule has 5 unspecified atom stereocenters. The second kappa shape index (κ2) is 10.2. The van der Waals surface area contributed by atoms with Gasteiger partial charge in [0.2, 0.25) is 11.1 Å². The maximum Gasteiger partial charge on any atom is 0.313 e. The number of carboxylic acid groups (broad SMARTS) is 1. The van der Waals surface area contributed by atoms with E-state index >= 15 is 0 Å². The van der Waals surface area contributed by atoms with Crippen molar-refractivity contribution in [3.8, 4) is 5.75 Å². The van der Waals surface area contributed by atoms with E-state index in [1.807, 2.05) is 0 Å². The third kappa shape index (κ3) is 4.81. The number of carbonyl (C=O) groups is 3. The zero-order valence-electron chi connectivity index (χ0n) is 18.8.